The standard InChI is InChI=1S/C20H18N6O.C2H6/c1-12-4-7-19-17(10-22-25(19)11-12)18-6-5-16(14(3)27)20(23-18)26-13(2)8-15(9-21)24-26;1-2/h4-8,10-11,14,27H,1-3H3;1-2H3. The first-order valence-corrected chi connectivity index (χ1v) is 9.58. The first-order chi connectivity index (χ1) is 14.0. The topological polar surface area (TPSA) is 92.0 Å². The Bertz CT molecular complexity index is 1200. The van der Waals surface area contributed by atoms with E-state index in [1.807, 2.05) is 68.7 Å². The summed E-state index contributed by atoms with van der Waals surface area (Å²) < 4.78 is 3.42. The van der Waals surface area contributed by atoms with Crippen molar-refractivity contribution in [3.05, 3.63) is 65.2 Å². The van der Waals surface area contributed by atoms with Crippen LogP contribution in [0.15, 0.2) is 42.7 Å². The minimum absolute atomic E-state index is 0.308. The van der Waals surface area contributed by atoms with Crippen LogP contribution in [-0.2, 0) is 0 Å². The smallest absolute Gasteiger partial charge is 0.163 e. The second-order valence-corrected chi connectivity index (χ2v) is 6.57. The minimum atomic E-state index is -0.720. The van der Waals surface area contributed by atoms with E-state index in [1.54, 1.807) is 23.9 Å². The minimum Gasteiger partial charge on any atom is -0.389 e. The molecule has 4 heterocycles. The summed E-state index contributed by atoms with van der Waals surface area (Å²) in [6.07, 6.45) is 3.02. The predicted octanol–water partition coefficient (Wildman–Crippen LogP) is 4.15. The van der Waals surface area contributed by atoms with Gasteiger partial charge in [0.05, 0.1) is 23.5 Å². The molecule has 29 heavy (non-hydrogen) atoms. The maximum atomic E-state index is 10.2. The summed E-state index contributed by atoms with van der Waals surface area (Å²) in [6, 6.07) is 11.5. The Balaban J connectivity index is 0.00000117. The van der Waals surface area contributed by atoms with Crippen molar-refractivity contribution in [3.63, 3.8) is 0 Å². The van der Waals surface area contributed by atoms with Crippen LogP contribution in [-0.4, -0.2) is 29.5 Å². The zero-order valence-corrected chi connectivity index (χ0v) is 17.2. The molecule has 0 spiro atoms. The molecule has 0 saturated heterocycles. The van der Waals surface area contributed by atoms with Crippen LogP contribution in [0, 0.1) is 25.2 Å². The van der Waals surface area contributed by atoms with E-state index in [0.29, 0.717) is 17.1 Å². The van der Waals surface area contributed by atoms with Gasteiger partial charge in [-0.2, -0.15) is 15.5 Å². The van der Waals surface area contributed by atoms with Gasteiger partial charge in [-0.15, -0.1) is 0 Å². The van der Waals surface area contributed by atoms with Gasteiger partial charge in [-0.1, -0.05) is 26.0 Å². The lowest BCUT2D eigenvalue weighted by Gasteiger charge is -2.14. The van der Waals surface area contributed by atoms with Crippen LogP contribution >= 0.6 is 0 Å². The van der Waals surface area contributed by atoms with Gasteiger partial charge in [0.2, 0.25) is 0 Å². The fourth-order valence-corrected chi connectivity index (χ4v) is 3.13. The normalized spacial score (nSPS) is 11.6. The second kappa shape index (κ2) is 8.25. The quantitative estimate of drug-likeness (QED) is 0.569. The van der Waals surface area contributed by atoms with Gasteiger partial charge in [0.15, 0.2) is 11.5 Å². The summed E-state index contributed by atoms with van der Waals surface area (Å²) >= 11 is 0. The lowest BCUT2D eigenvalue weighted by molar-refractivity contribution is 0.198. The third-order valence-corrected chi connectivity index (χ3v) is 4.50. The van der Waals surface area contributed by atoms with Gasteiger partial charge in [-0.3, -0.25) is 0 Å². The Morgan fingerprint density at radius 2 is 1.90 bits per heavy atom. The van der Waals surface area contributed by atoms with Gasteiger partial charge in [-0.05, 0) is 44.5 Å². The van der Waals surface area contributed by atoms with Gasteiger partial charge in [0.25, 0.3) is 0 Å². The number of fused-ring (bicyclic) bond motifs is 1. The first kappa shape index (κ1) is 20.2. The van der Waals surface area contributed by atoms with Crippen molar-refractivity contribution in [2.75, 3.05) is 0 Å². The summed E-state index contributed by atoms with van der Waals surface area (Å²) in [6.45, 7) is 9.55. The number of aromatic nitrogens is 5. The van der Waals surface area contributed by atoms with Crippen molar-refractivity contribution in [3.8, 4) is 23.1 Å². The number of pyridine rings is 2. The number of aryl methyl sites for hydroxylation is 2. The van der Waals surface area contributed by atoms with Crippen LogP contribution in [0.5, 0.6) is 0 Å². The second-order valence-electron chi connectivity index (χ2n) is 6.57. The molecule has 1 N–H and O–H groups in total. The zero-order chi connectivity index (χ0) is 21.1. The third-order valence-electron chi connectivity index (χ3n) is 4.50. The van der Waals surface area contributed by atoms with Crippen molar-refractivity contribution < 1.29 is 5.11 Å². The van der Waals surface area contributed by atoms with Crippen molar-refractivity contribution in [1.82, 2.24) is 24.4 Å². The van der Waals surface area contributed by atoms with Crippen LogP contribution in [0.2, 0.25) is 0 Å². The van der Waals surface area contributed by atoms with Gasteiger partial charge < -0.3 is 5.11 Å². The van der Waals surface area contributed by atoms with Crippen molar-refractivity contribution in [2.24, 2.45) is 0 Å². The first-order valence-electron chi connectivity index (χ1n) is 9.58. The van der Waals surface area contributed by atoms with Crippen LogP contribution in [0.25, 0.3) is 22.6 Å². The zero-order valence-electron chi connectivity index (χ0n) is 17.2. The van der Waals surface area contributed by atoms with Crippen LogP contribution < -0.4 is 0 Å². The van der Waals surface area contributed by atoms with Crippen molar-refractivity contribution >= 4 is 5.52 Å². The lowest BCUT2D eigenvalue weighted by Crippen LogP contribution is -2.09. The van der Waals surface area contributed by atoms with Crippen LogP contribution in [0.1, 0.15) is 49.4 Å². The molecule has 0 aliphatic carbocycles. The van der Waals surface area contributed by atoms with E-state index in [9.17, 15) is 5.11 Å². The third kappa shape index (κ3) is 3.75. The van der Waals surface area contributed by atoms with E-state index in [4.69, 9.17) is 10.2 Å². The highest BCUT2D eigenvalue weighted by Gasteiger charge is 2.18. The largest absolute Gasteiger partial charge is 0.389 e. The van der Waals surface area contributed by atoms with Gasteiger partial charge in [0.1, 0.15) is 6.07 Å². The molecule has 4 aromatic rings. The summed E-state index contributed by atoms with van der Waals surface area (Å²) in [5.41, 5.74) is 5.39. The molecule has 4 rings (SSSR count). The maximum absolute atomic E-state index is 10.2. The number of hydrogen-bond donors (Lipinski definition) is 1. The maximum Gasteiger partial charge on any atom is 0.163 e. The Morgan fingerprint density at radius 1 is 1.14 bits per heavy atom. The fourth-order valence-electron chi connectivity index (χ4n) is 3.13. The monoisotopic (exact) mass is 388 g/mol. The molecule has 0 aliphatic rings. The molecule has 7 nitrogen and oxygen atoms in total. The van der Waals surface area contributed by atoms with Crippen LogP contribution in [0.4, 0.5) is 0 Å². The number of aliphatic hydroxyl groups is 1. The molecule has 0 amide bonds. The number of nitrogens with zero attached hydrogens (tertiary/aromatic N) is 6. The highest BCUT2D eigenvalue weighted by atomic mass is 16.3. The average Bonchev–Trinajstić information content (AvgIpc) is 3.31. The van der Waals surface area contributed by atoms with Gasteiger partial charge in [0, 0.05) is 23.0 Å². The van der Waals surface area contributed by atoms with Crippen molar-refractivity contribution in [2.45, 2.75) is 40.7 Å². The molecule has 0 aliphatic heterocycles. The van der Waals surface area contributed by atoms with E-state index >= 15 is 0 Å². The predicted molar refractivity (Wildman–Crippen MR) is 112 cm³/mol. The summed E-state index contributed by atoms with van der Waals surface area (Å²) in [7, 11) is 0. The lowest BCUT2D eigenvalue weighted by atomic mass is 10.1. The summed E-state index contributed by atoms with van der Waals surface area (Å²) in [5.74, 6) is 0.507. The highest BCUT2D eigenvalue weighted by Crippen LogP contribution is 2.28. The molecule has 0 bridgehead atoms. The molecular formula is C22H24N6O. The Labute approximate surface area is 169 Å². The van der Waals surface area contributed by atoms with E-state index in [-0.39, 0.29) is 0 Å². The van der Waals surface area contributed by atoms with E-state index in [1.165, 1.54) is 0 Å². The molecular weight excluding hydrogens is 364 g/mol. The molecule has 1 atom stereocenters. The van der Waals surface area contributed by atoms with Gasteiger partial charge >= 0.3 is 0 Å². The molecule has 0 saturated carbocycles. The summed E-state index contributed by atoms with van der Waals surface area (Å²) in [5, 5.41) is 28.0. The van der Waals surface area contributed by atoms with Gasteiger partial charge in [-0.25, -0.2) is 14.2 Å². The Kier molecular flexibility index (Phi) is 5.76. The molecule has 148 valence electrons. The number of rotatable bonds is 3. The van der Waals surface area contributed by atoms with Crippen LogP contribution in [0.3, 0.4) is 0 Å². The Hall–Kier alpha value is -3.50. The molecule has 1 unspecified atom stereocenters. The van der Waals surface area contributed by atoms with Crippen molar-refractivity contribution in [1.29, 1.82) is 5.26 Å². The molecule has 0 aromatic carbocycles. The highest BCUT2D eigenvalue weighted by molar-refractivity contribution is 5.78. The molecule has 0 radical (unpaired) electrons. The molecule has 0 fully saturated rings. The molecule has 4 aromatic heterocycles. The number of aliphatic hydroxyl groups excluding tert-OH is 1. The van der Waals surface area contributed by atoms with E-state index < -0.39 is 6.10 Å². The Morgan fingerprint density at radius 3 is 2.55 bits per heavy atom. The molecule has 7 heteroatoms. The number of nitriles is 1. The van der Waals surface area contributed by atoms with E-state index in [0.717, 1.165) is 28.0 Å². The fraction of sp³-hybridized carbons (Fsp3) is 0.273. The SMILES string of the molecule is CC.Cc1ccc2c(-c3ccc(C(C)O)c(-n4nc(C#N)cc4C)n3)cnn2c1. The summed E-state index contributed by atoms with van der Waals surface area (Å²) in [4.78, 5) is 4.77. The van der Waals surface area contributed by atoms with E-state index in [2.05, 4.69) is 10.2 Å². The number of hydrogen-bond acceptors (Lipinski definition) is 5. The average molecular weight is 388 g/mol.